The fourth-order valence-corrected chi connectivity index (χ4v) is 2.46. The summed E-state index contributed by atoms with van der Waals surface area (Å²) in [4.78, 5) is 10.8. The Hall–Kier alpha value is -1.23. The molecule has 0 heterocycles. The molecule has 0 aliphatic carbocycles. The van der Waals surface area contributed by atoms with Crippen LogP contribution < -0.4 is 0 Å². The van der Waals surface area contributed by atoms with Gasteiger partial charge in [-0.1, -0.05) is 6.07 Å². The summed E-state index contributed by atoms with van der Waals surface area (Å²) in [5.74, 6) is -1.09. The largest absolute Gasteiger partial charge is 0.299 e. The van der Waals surface area contributed by atoms with Crippen LogP contribution in [0.25, 0.3) is 0 Å². The van der Waals surface area contributed by atoms with E-state index in [2.05, 4.69) is 0 Å². The standard InChI is InChI=1S/C10H11FO3S/c1-7(12)8(2)15(13,14)10-5-3-4-9(11)6-10/h3-6,8H,1-2H3. The fraction of sp³-hybridized carbons (Fsp3) is 0.300. The van der Waals surface area contributed by atoms with Crippen LogP contribution in [0.2, 0.25) is 0 Å². The Bertz CT molecular complexity index is 479. The summed E-state index contributed by atoms with van der Waals surface area (Å²) in [6.07, 6.45) is 0. The van der Waals surface area contributed by atoms with Crippen molar-refractivity contribution in [3.8, 4) is 0 Å². The van der Waals surface area contributed by atoms with Gasteiger partial charge in [-0.05, 0) is 32.0 Å². The second kappa shape index (κ2) is 4.10. The first-order valence-electron chi connectivity index (χ1n) is 4.35. The Morgan fingerprint density at radius 2 is 2.00 bits per heavy atom. The zero-order valence-electron chi connectivity index (χ0n) is 8.40. The zero-order valence-corrected chi connectivity index (χ0v) is 9.21. The number of carbonyl (C=O) groups excluding carboxylic acids is 1. The fourth-order valence-electron chi connectivity index (χ4n) is 1.07. The van der Waals surface area contributed by atoms with Crippen LogP contribution in [0.3, 0.4) is 0 Å². The molecule has 0 bridgehead atoms. The highest BCUT2D eigenvalue weighted by Gasteiger charge is 2.26. The molecule has 1 rings (SSSR count). The summed E-state index contributed by atoms with van der Waals surface area (Å²) < 4.78 is 36.3. The second-order valence-electron chi connectivity index (χ2n) is 3.26. The van der Waals surface area contributed by atoms with Gasteiger partial charge in [0.25, 0.3) is 0 Å². The van der Waals surface area contributed by atoms with Crippen molar-refractivity contribution in [2.45, 2.75) is 24.0 Å². The summed E-state index contributed by atoms with van der Waals surface area (Å²) >= 11 is 0. The average Bonchev–Trinajstić information content (AvgIpc) is 2.16. The number of carbonyl (C=O) groups is 1. The van der Waals surface area contributed by atoms with E-state index in [0.717, 1.165) is 12.1 Å². The van der Waals surface area contributed by atoms with E-state index in [1.165, 1.54) is 26.0 Å². The van der Waals surface area contributed by atoms with E-state index in [1.807, 2.05) is 0 Å². The normalized spacial score (nSPS) is 13.5. The Morgan fingerprint density at radius 3 is 2.47 bits per heavy atom. The van der Waals surface area contributed by atoms with E-state index in [-0.39, 0.29) is 4.90 Å². The van der Waals surface area contributed by atoms with Gasteiger partial charge < -0.3 is 0 Å². The van der Waals surface area contributed by atoms with Gasteiger partial charge in [0.1, 0.15) is 16.9 Å². The lowest BCUT2D eigenvalue weighted by molar-refractivity contribution is -0.116. The molecule has 0 radical (unpaired) electrons. The van der Waals surface area contributed by atoms with Crippen molar-refractivity contribution >= 4 is 15.6 Å². The van der Waals surface area contributed by atoms with E-state index in [0.29, 0.717) is 0 Å². The molecule has 15 heavy (non-hydrogen) atoms. The maximum atomic E-state index is 12.8. The quantitative estimate of drug-likeness (QED) is 0.792. The summed E-state index contributed by atoms with van der Waals surface area (Å²) in [7, 11) is -3.75. The first-order valence-corrected chi connectivity index (χ1v) is 5.90. The van der Waals surface area contributed by atoms with E-state index in [9.17, 15) is 17.6 Å². The lowest BCUT2D eigenvalue weighted by Gasteiger charge is -2.09. The van der Waals surface area contributed by atoms with Crippen LogP contribution in [-0.4, -0.2) is 19.5 Å². The number of hydrogen-bond donors (Lipinski definition) is 0. The molecule has 0 aromatic heterocycles. The molecular weight excluding hydrogens is 219 g/mol. The van der Waals surface area contributed by atoms with Gasteiger partial charge in [0.05, 0.1) is 4.90 Å². The van der Waals surface area contributed by atoms with Gasteiger partial charge >= 0.3 is 0 Å². The lowest BCUT2D eigenvalue weighted by Crippen LogP contribution is -2.25. The summed E-state index contributed by atoms with van der Waals surface area (Å²) in [6, 6.07) is 4.64. The Kier molecular flexibility index (Phi) is 3.24. The van der Waals surface area contributed by atoms with Crippen molar-refractivity contribution in [3.05, 3.63) is 30.1 Å². The monoisotopic (exact) mass is 230 g/mol. The zero-order chi connectivity index (χ0) is 11.6. The molecule has 1 aromatic carbocycles. The topological polar surface area (TPSA) is 51.2 Å². The third kappa shape index (κ3) is 2.41. The van der Waals surface area contributed by atoms with E-state index in [1.54, 1.807) is 0 Å². The van der Waals surface area contributed by atoms with E-state index in [4.69, 9.17) is 0 Å². The Balaban J connectivity index is 3.23. The molecule has 0 fully saturated rings. The van der Waals surface area contributed by atoms with Gasteiger partial charge in [0.2, 0.25) is 0 Å². The highest BCUT2D eigenvalue weighted by atomic mass is 32.2. The SMILES string of the molecule is CC(=O)C(C)S(=O)(=O)c1cccc(F)c1. The van der Waals surface area contributed by atoms with Crippen LogP contribution in [0.15, 0.2) is 29.2 Å². The maximum absolute atomic E-state index is 12.8. The third-order valence-electron chi connectivity index (χ3n) is 2.16. The van der Waals surface area contributed by atoms with Crippen molar-refractivity contribution in [3.63, 3.8) is 0 Å². The third-order valence-corrected chi connectivity index (χ3v) is 4.34. The van der Waals surface area contributed by atoms with Crippen molar-refractivity contribution in [2.24, 2.45) is 0 Å². The molecule has 0 spiro atoms. The van der Waals surface area contributed by atoms with Gasteiger partial charge in [-0.25, -0.2) is 12.8 Å². The van der Waals surface area contributed by atoms with Gasteiger partial charge in [-0.15, -0.1) is 0 Å². The number of halogens is 1. The smallest absolute Gasteiger partial charge is 0.188 e. The van der Waals surface area contributed by atoms with Gasteiger partial charge in [0, 0.05) is 0 Å². The summed E-state index contributed by atoms with van der Waals surface area (Å²) in [6.45, 7) is 2.49. The molecule has 1 unspecified atom stereocenters. The molecule has 0 aliphatic rings. The number of Topliss-reactive ketones (excluding diaryl/α,β-unsaturated/α-hetero) is 1. The average molecular weight is 230 g/mol. The molecule has 0 saturated heterocycles. The maximum Gasteiger partial charge on any atom is 0.188 e. The van der Waals surface area contributed by atoms with Crippen LogP contribution >= 0.6 is 0 Å². The van der Waals surface area contributed by atoms with Crippen LogP contribution in [0, 0.1) is 5.82 Å². The predicted octanol–water partition coefficient (Wildman–Crippen LogP) is 1.58. The number of hydrogen-bond acceptors (Lipinski definition) is 3. The van der Waals surface area contributed by atoms with Gasteiger partial charge in [-0.3, -0.25) is 4.79 Å². The highest BCUT2D eigenvalue weighted by molar-refractivity contribution is 7.92. The van der Waals surface area contributed by atoms with E-state index < -0.39 is 26.7 Å². The van der Waals surface area contributed by atoms with Crippen LogP contribution in [0.5, 0.6) is 0 Å². The van der Waals surface area contributed by atoms with Crippen LogP contribution in [0.1, 0.15) is 13.8 Å². The number of rotatable bonds is 3. The van der Waals surface area contributed by atoms with E-state index >= 15 is 0 Å². The molecule has 0 N–H and O–H groups in total. The van der Waals surface area contributed by atoms with Crippen LogP contribution in [-0.2, 0) is 14.6 Å². The van der Waals surface area contributed by atoms with Crippen molar-refractivity contribution in [1.82, 2.24) is 0 Å². The first-order chi connectivity index (χ1) is 6.85. The van der Waals surface area contributed by atoms with Gasteiger partial charge in [-0.2, -0.15) is 0 Å². The molecule has 0 saturated carbocycles. The molecule has 0 amide bonds. The molecule has 5 heteroatoms. The Labute approximate surface area is 87.8 Å². The minimum atomic E-state index is -3.75. The predicted molar refractivity (Wildman–Crippen MR) is 53.7 cm³/mol. The molecule has 1 atom stereocenters. The molecule has 3 nitrogen and oxygen atoms in total. The number of ketones is 1. The Morgan fingerprint density at radius 1 is 1.40 bits per heavy atom. The highest BCUT2D eigenvalue weighted by Crippen LogP contribution is 2.17. The minimum absolute atomic E-state index is 0.162. The van der Waals surface area contributed by atoms with Crippen molar-refractivity contribution in [2.75, 3.05) is 0 Å². The molecule has 82 valence electrons. The van der Waals surface area contributed by atoms with Crippen LogP contribution in [0.4, 0.5) is 4.39 Å². The van der Waals surface area contributed by atoms with Crippen molar-refractivity contribution < 1.29 is 17.6 Å². The number of benzene rings is 1. The molecule has 0 aliphatic heterocycles. The van der Waals surface area contributed by atoms with Crippen molar-refractivity contribution in [1.29, 1.82) is 0 Å². The lowest BCUT2D eigenvalue weighted by atomic mass is 10.3. The minimum Gasteiger partial charge on any atom is -0.299 e. The summed E-state index contributed by atoms with van der Waals surface area (Å²) in [5.41, 5.74) is 0. The molecular formula is C10H11FO3S. The molecule has 1 aromatic rings. The second-order valence-corrected chi connectivity index (χ2v) is 5.52. The van der Waals surface area contributed by atoms with Gasteiger partial charge in [0.15, 0.2) is 9.84 Å². The first kappa shape index (κ1) is 11.8. The number of sulfone groups is 1. The summed E-state index contributed by atoms with van der Waals surface area (Å²) in [5, 5.41) is -1.14.